The van der Waals surface area contributed by atoms with Crippen molar-refractivity contribution >= 4 is 11.6 Å². The molecule has 1 heterocycles. The summed E-state index contributed by atoms with van der Waals surface area (Å²) >= 11 is 5.94. The molecule has 17 heavy (non-hydrogen) atoms. The Morgan fingerprint density at radius 1 is 1.00 bits per heavy atom. The van der Waals surface area contributed by atoms with Gasteiger partial charge in [0.05, 0.1) is 11.4 Å². The summed E-state index contributed by atoms with van der Waals surface area (Å²) in [7, 11) is 0. The van der Waals surface area contributed by atoms with Crippen LogP contribution in [0.3, 0.4) is 0 Å². The summed E-state index contributed by atoms with van der Waals surface area (Å²) in [6, 6.07) is 3.51. The minimum Gasteiger partial charge on any atom is -0.248 e. The molecule has 0 aliphatic carbocycles. The molecular weight excluding hydrogens is 246 g/mol. The van der Waals surface area contributed by atoms with E-state index in [-0.39, 0.29) is 5.15 Å². The fourth-order valence-corrected chi connectivity index (χ4v) is 1.68. The molecule has 5 heteroatoms. The van der Waals surface area contributed by atoms with Crippen molar-refractivity contribution in [2.45, 2.75) is 13.8 Å². The predicted octanol–water partition coefficient (Wildman–Crippen LogP) is 3.69. The lowest BCUT2D eigenvalue weighted by molar-refractivity contribution is 0.509. The first kappa shape index (κ1) is 11.9. The third kappa shape index (κ3) is 2.26. The average molecular weight is 255 g/mol. The van der Waals surface area contributed by atoms with Crippen molar-refractivity contribution in [1.82, 2.24) is 9.97 Å². The van der Waals surface area contributed by atoms with Crippen molar-refractivity contribution in [2.75, 3.05) is 0 Å². The topological polar surface area (TPSA) is 25.8 Å². The highest BCUT2D eigenvalue weighted by atomic mass is 35.5. The zero-order chi connectivity index (χ0) is 12.6. The Labute approximate surface area is 102 Å². The van der Waals surface area contributed by atoms with E-state index < -0.39 is 11.6 Å². The van der Waals surface area contributed by atoms with Crippen LogP contribution in [-0.2, 0) is 0 Å². The Morgan fingerprint density at radius 2 is 1.65 bits per heavy atom. The van der Waals surface area contributed by atoms with Crippen molar-refractivity contribution < 1.29 is 8.78 Å². The van der Waals surface area contributed by atoms with E-state index in [0.29, 0.717) is 22.6 Å². The molecule has 2 aromatic rings. The number of aryl methyl sites for hydroxylation is 2. The van der Waals surface area contributed by atoms with Crippen LogP contribution in [0.1, 0.15) is 11.4 Å². The van der Waals surface area contributed by atoms with Gasteiger partial charge in [-0.3, -0.25) is 0 Å². The molecule has 0 amide bonds. The molecule has 0 aliphatic heterocycles. The van der Waals surface area contributed by atoms with Crippen LogP contribution >= 0.6 is 11.6 Å². The highest BCUT2D eigenvalue weighted by Crippen LogP contribution is 2.26. The number of nitrogens with zero attached hydrogens (tertiary/aromatic N) is 2. The Kier molecular flexibility index (Phi) is 3.07. The van der Waals surface area contributed by atoms with Crippen LogP contribution in [0.25, 0.3) is 11.3 Å². The van der Waals surface area contributed by atoms with Crippen LogP contribution in [-0.4, -0.2) is 9.97 Å². The summed E-state index contributed by atoms with van der Waals surface area (Å²) in [6.07, 6.45) is 0. The molecule has 0 saturated heterocycles. The normalized spacial score (nSPS) is 10.6. The van der Waals surface area contributed by atoms with Gasteiger partial charge < -0.3 is 0 Å². The molecule has 0 bridgehead atoms. The highest BCUT2D eigenvalue weighted by Gasteiger charge is 2.11. The third-order valence-electron chi connectivity index (χ3n) is 2.46. The molecular formula is C12H9ClF2N2. The van der Waals surface area contributed by atoms with Gasteiger partial charge in [0.25, 0.3) is 0 Å². The lowest BCUT2D eigenvalue weighted by Crippen LogP contribution is -1.97. The van der Waals surface area contributed by atoms with Gasteiger partial charge in [-0.05, 0) is 32.0 Å². The molecule has 0 fully saturated rings. The van der Waals surface area contributed by atoms with E-state index >= 15 is 0 Å². The van der Waals surface area contributed by atoms with Crippen LogP contribution in [0.2, 0.25) is 5.15 Å². The first-order valence-electron chi connectivity index (χ1n) is 4.95. The number of benzene rings is 1. The maximum absolute atomic E-state index is 13.1. The summed E-state index contributed by atoms with van der Waals surface area (Å²) in [4.78, 5) is 8.32. The van der Waals surface area contributed by atoms with Gasteiger partial charge in [0.15, 0.2) is 16.8 Å². The molecule has 2 rings (SSSR count). The second-order valence-corrected chi connectivity index (χ2v) is 4.02. The fourth-order valence-electron chi connectivity index (χ4n) is 1.40. The van der Waals surface area contributed by atoms with Gasteiger partial charge >= 0.3 is 0 Å². The zero-order valence-corrected chi connectivity index (χ0v) is 10.0. The Morgan fingerprint density at radius 3 is 2.29 bits per heavy atom. The van der Waals surface area contributed by atoms with Crippen LogP contribution in [0.4, 0.5) is 8.78 Å². The highest BCUT2D eigenvalue weighted by molar-refractivity contribution is 6.31. The van der Waals surface area contributed by atoms with Crippen molar-refractivity contribution in [3.8, 4) is 11.3 Å². The number of rotatable bonds is 1. The third-order valence-corrected chi connectivity index (χ3v) is 2.72. The maximum atomic E-state index is 13.1. The zero-order valence-electron chi connectivity index (χ0n) is 9.26. The van der Waals surface area contributed by atoms with Gasteiger partial charge in [0, 0.05) is 5.56 Å². The second kappa shape index (κ2) is 4.37. The standard InChI is InChI=1S/C12H9ClF2N2/c1-6-7(2)17-12(13)11(16-6)8-3-4-9(14)10(15)5-8/h3-5H,1-2H3. The second-order valence-electron chi connectivity index (χ2n) is 3.66. The minimum atomic E-state index is -0.932. The van der Waals surface area contributed by atoms with Crippen LogP contribution in [0, 0.1) is 25.5 Å². The first-order valence-corrected chi connectivity index (χ1v) is 5.33. The molecule has 0 unspecified atom stereocenters. The maximum Gasteiger partial charge on any atom is 0.159 e. The molecule has 2 nitrogen and oxygen atoms in total. The quantitative estimate of drug-likeness (QED) is 0.776. The Balaban J connectivity index is 2.60. The molecule has 0 saturated carbocycles. The molecule has 0 spiro atoms. The fraction of sp³-hybridized carbons (Fsp3) is 0.167. The average Bonchev–Trinajstić information content (AvgIpc) is 2.27. The molecule has 0 N–H and O–H groups in total. The van der Waals surface area contributed by atoms with Crippen molar-refractivity contribution in [3.05, 3.63) is 46.4 Å². The smallest absolute Gasteiger partial charge is 0.159 e. The lowest BCUT2D eigenvalue weighted by Gasteiger charge is -2.06. The SMILES string of the molecule is Cc1nc(Cl)c(-c2ccc(F)c(F)c2)nc1C. The van der Waals surface area contributed by atoms with E-state index in [1.54, 1.807) is 13.8 Å². The number of hydrogen-bond acceptors (Lipinski definition) is 2. The van der Waals surface area contributed by atoms with Crippen molar-refractivity contribution in [1.29, 1.82) is 0 Å². The summed E-state index contributed by atoms with van der Waals surface area (Å²) < 4.78 is 25.9. The van der Waals surface area contributed by atoms with Crippen LogP contribution < -0.4 is 0 Å². The lowest BCUT2D eigenvalue weighted by atomic mass is 10.1. The molecule has 0 atom stereocenters. The summed E-state index contributed by atoms with van der Waals surface area (Å²) in [5.41, 5.74) is 2.17. The molecule has 0 aliphatic rings. The Bertz CT molecular complexity index is 585. The van der Waals surface area contributed by atoms with Crippen LogP contribution in [0.15, 0.2) is 18.2 Å². The van der Waals surface area contributed by atoms with E-state index in [2.05, 4.69) is 9.97 Å². The number of hydrogen-bond donors (Lipinski definition) is 0. The Hall–Kier alpha value is -1.55. The molecule has 0 radical (unpaired) electrons. The van der Waals surface area contributed by atoms with Gasteiger partial charge in [-0.15, -0.1) is 0 Å². The number of halogens is 3. The van der Waals surface area contributed by atoms with E-state index in [0.717, 1.165) is 12.1 Å². The number of aromatic nitrogens is 2. The van der Waals surface area contributed by atoms with Gasteiger partial charge in [0.2, 0.25) is 0 Å². The van der Waals surface area contributed by atoms with E-state index in [1.165, 1.54) is 6.07 Å². The summed E-state index contributed by atoms with van der Waals surface area (Å²) in [5, 5.41) is 0.180. The van der Waals surface area contributed by atoms with Gasteiger partial charge in [-0.2, -0.15) is 0 Å². The molecule has 1 aromatic heterocycles. The molecule has 1 aromatic carbocycles. The largest absolute Gasteiger partial charge is 0.248 e. The summed E-state index contributed by atoms with van der Waals surface area (Å²) in [5.74, 6) is -1.83. The van der Waals surface area contributed by atoms with Crippen molar-refractivity contribution in [2.24, 2.45) is 0 Å². The van der Waals surface area contributed by atoms with Gasteiger partial charge in [-0.25, -0.2) is 18.7 Å². The summed E-state index contributed by atoms with van der Waals surface area (Å²) in [6.45, 7) is 3.56. The monoisotopic (exact) mass is 254 g/mol. The minimum absolute atomic E-state index is 0.180. The van der Waals surface area contributed by atoms with E-state index in [1.807, 2.05) is 0 Å². The van der Waals surface area contributed by atoms with E-state index in [9.17, 15) is 8.78 Å². The predicted molar refractivity (Wildman–Crippen MR) is 61.9 cm³/mol. The van der Waals surface area contributed by atoms with Gasteiger partial charge in [0.1, 0.15) is 5.69 Å². The van der Waals surface area contributed by atoms with E-state index in [4.69, 9.17) is 11.6 Å². The molecule has 88 valence electrons. The van der Waals surface area contributed by atoms with Crippen molar-refractivity contribution in [3.63, 3.8) is 0 Å². The first-order chi connectivity index (χ1) is 7.99. The van der Waals surface area contributed by atoms with Crippen LogP contribution in [0.5, 0.6) is 0 Å². The van der Waals surface area contributed by atoms with Gasteiger partial charge in [-0.1, -0.05) is 11.6 Å².